The number of nitrogens with two attached hydrogens (primary N) is 4. The van der Waals surface area contributed by atoms with Crippen molar-refractivity contribution in [2.75, 3.05) is 44.3 Å². The third-order valence-corrected chi connectivity index (χ3v) is 21.0. The first-order chi connectivity index (χ1) is 46.6. The number of nitrogens with zero attached hydrogens (tertiary/aromatic N) is 10. The zero-order chi connectivity index (χ0) is 73.9. The number of carbonyl (C=O) groups excluding carboxylic acids is 1. The van der Waals surface area contributed by atoms with Gasteiger partial charge in [-0.3, -0.25) is 43.2 Å². The van der Waals surface area contributed by atoms with Gasteiger partial charge in [-0.15, -0.1) is 0 Å². The van der Waals surface area contributed by atoms with E-state index in [0.717, 1.165) is 12.8 Å². The van der Waals surface area contributed by atoms with Gasteiger partial charge in [-0.25, -0.2) is 37.4 Å². The Morgan fingerprint density at radius 2 is 1.06 bits per heavy atom. The molecule has 0 spiro atoms. The summed E-state index contributed by atoms with van der Waals surface area (Å²) in [4.78, 5) is 132. The molecule has 19 N–H and O–H groups in total. The lowest BCUT2D eigenvalue weighted by molar-refractivity contribution is -0.386. The summed E-state index contributed by atoms with van der Waals surface area (Å²) >= 11 is 0. The predicted molar refractivity (Wildman–Crippen MR) is 336 cm³/mol. The number of rotatable bonds is 30. The molecule has 4 unspecified atom stereocenters. The quantitative estimate of drug-likeness (QED) is 0.0101. The number of anilines is 2. The summed E-state index contributed by atoms with van der Waals surface area (Å²) in [6.07, 6.45) is -4.53. The number of imidazole rings is 2. The lowest BCUT2D eigenvalue weighted by Gasteiger charge is -2.19. The SMILES string of the molecule is C[C@H](Oc1nc(N)nc2c1ncn2[C@H]1C[C@@H](O)[C@@H](COP(=O)(O)OP(=O)(O)OP(=O)(O)O)O1)c1ccc(C#CCN)cc1[N+](=O)[O-].C[C@H](Oc1nc(N)nc2c1ncn2[C@H]1C[C@@H](O)[C@@H](COP(=O)(O)OP(=O)(O)OP(=O)(O)O)O1)c1ccc(C#CCNC(=O)CCCCCN)cc1[N+](=O)[O-]. The highest BCUT2D eigenvalue weighted by Crippen LogP contribution is 2.67. The van der Waals surface area contributed by atoms with Crippen LogP contribution >= 0.6 is 46.9 Å². The molecule has 0 radical (unpaired) electrons. The van der Waals surface area contributed by atoms with Crippen molar-refractivity contribution < 1.29 is 137 Å². The van der Waals surface area contributed by atoms with Gasteiger partial charge in [0.2, 0.25) is 29.6 Å². The van der Waals surface area contributed by atoms with E-state index in [1.807, 2.05) is 0 Å². The largest absolute Gasteiger partial charge is 0.490 e. The molecule has 4 aromatic heterocycles. The third-order valence-electron chi connectivity index (χ3n) is 13.4. The molecule has 12 atom stereocenters. The fourth-order valence-electron chi connectivity index (χ4n) is 9.26. The Labute approximate surface area is 561 Å². The van der Waals surface area contributed by atoms with Crippen molar-refractivity contribution in [1.29, 1.82) is 0 Å². The Bertz CT molecular complexity index is 4440. The molecule has 2 aliphatic heterocycles. The molecular formula is C48H63N15O31P6. The van der Waals surface area contributed by atoms with Crippen LogP contribution in [0.15, 0.2) is 49.1 Å². The molecule has 46 nitrogen and oxygen atoms in total. The molecule has 2 aliphatic rings. The summed E-state index contributed by atoms with van der Waals surface area (Å²) in [7, 11) is -33.6. The van der Waals surface area contributed by atoms with Crippen molar-refractivity contribution in [3.05, 3.63) is 91.5 Å². The van der Waals surface area contributed by atoms with Crippen LogP contribution in [-0.4, -0.2) is 161 Å². The molecule has 2 saturated heterocycles. The Kier molecular flexibility index (Phi) is 26.9. The Balaban J connectivity index is 0.000000284. The maximum absolute atomic E-state index is 12.1. The molecule has 52 heteroatoms. The molecule has 1 amide bonds. The van der Waals surface area contributed by atoms with Crippen LogP contribution < -0.4 is 37.7 Å². The number of phosphoric acid groups is 6. The Hall–Kier alpha value is -7.29. The van der Waals surface area contributed by atoms with Crippen LogP contribution in [0.25, 0.3) is 22.3 Å². The number of nitro benzene ring substituents is 2. The second-order valence-electron chi connectivity index (χ2n) is 20.8. The molecule has 546 valence electrons. The van der Waals surface area contributed by atoms with E-state index in [1.165, 1.54) is 59.9 Å². The fraction of sp³-hybridized carbons (Fsp3) is 0.438. The van der Waals surface area contributed by atoms with Gasteiger partial charge in [-0.1, -0.05) is 30.1 Å². The van der Waals surface area contributed by atoms with Crippen LogP contribution in [0.4, 0.5) is 23.3 Å². The van der Waals surface area contributed by atoms with E-state index in [1.54, 1.807) is 12.1 Å². The molecule has 6 aromatic rings. The highest BCUT2D eigenvalue weighted by atomic mass is 31.3. The number of unbranched alkanes of at least 4 members (excludes halogenated alkanes) is 2. The standard InChI is InChI=1S/C27H37N8O16P3.C21H26N7O15P3/c1-16(18-9-8-17(12-19(18)35(38)39)6-5-11-30-22(37)7-3-2-4-10-28)48-26-24-25(32-27(29)33-26)34(15-31-24)23-13-20(36)21(49-23)14-47-53(43,44)51-54(45,46)50-52(40,41)42;1-11(13-5-4-12(3-2-6-22)7-14(13)28(30)31)40-20-18-19(25-21(23)26-20)27(10-24-18)17-8-15(29)16(41-17)9-39-45(35,36)43-46(37,38)42-44(32,33)34/h8-9,12,15-16,20-21,23,36H,2-4,7,10-11,13-14,28H2,1H3,(H,30,37)(H,43,44)(H,45,46)(H2,29,32,33)(H2,40,41,42);4-5,7,10-11,15-17,29H,6,8-9,22H2,1H3,(H,35,36)(H,37,38)(H2,23,25,26)(H2,32,33,34)/t16-,20+,21+,23+;11-,15+,16+,17+/m00/s1. The monoisotopic (exact) mass is 1530 g/mol. The van der Waals surface area contributed by atoms with E-state index in [2.05, 4.69) is 85.2 Å². The van der Waals surface area contributed by atoms with Gasteiger partial charge in [0, 0.05) is 42.5 Å². The average Bonchev–Trinajstić information content (AvgIpc) is 1.61. The van der Waals surface area contributed by atoms with E-state index in [0.29, 0.717) is 30.5 Å². The normalized spacial score (nSPS) is 20.7. The van der Waals surface area contributed by atoms with Gasteiger partial charge in [0.25, 0.3) is 11.4 Å². The number of carbonyl (C=O) groups is 1. The number of ether oxygens (including phenoxy) is 4. The third kappa shape index (κ3) is 23.1. The van der Waals surface area contributed by atoms with Gasteiger partial charge in [-0.05, 0) is 57.5 Å². The van der Waals surface area contributed by atoms with Gasteiger partial charge in [-0.2, -0.15) is 37.2 Å². The lowest BCUT2D eigenvalue weighted by Crippen LogP contribution is -2.26. The smallest absolute Gasteiger partial charge is 0.468 e. The lowest BCUT2D eigenvalue weighted by atomic mass is 10.1. The molecular weight excluding hydrogens is 1470 g/mol. The predicted octanol–water partition coefficient (Wildman–Crippen LogP) is 2.19. The summed E-state index contributed by atoms with van der Waals surface area (Å²) in [6, 6.07) is 8.58. The van der Waals surface area contributed by atoms with E-state index in [9.17, 15) is 82.2 Å². The number of nitrogen functional groups attached to an aromatic ring is 2. The molecule has 100 heavy (non-hydrogen) atoms. The van der Waals surface area contributed by atoms with Gasteiger partial charge >= 0.3 is 46.9 Å². The average molecular weight is 1530 g/mol. The van der Waals surface area contributed by atoms with Crippen LogP contribution in [0.5, 0.6) is 11.8 Å². The number of amides is 1. The van der Waals surface area contributed by atoms with Crippen molar-refractivity contribution >= 4 is 98.4 Å². The summed E-state index contributed by atoms with van der Waals surface area (Å²) < 4.78 is 119. The summed E-state index contributed by atoms with van der Waals surface area (Å²) in [5, 5.41) is 47.5. The van der Waals surface area contributed by atoms with Crippen molar-refractivity contribution in [3.8, 4) is 35.4 Å². The second-order valence-corrected chi connectivity index (χ2v) is 29.7. The van der Waals surface area contributed by atoms with Crippen LogP contribution in [0.1, 0.15) is 99.3 Å². The Morgan fingerprint density at radius 1 is 0.640 bits per heavy atom. The minimum absolute atomic E-state index is 0.0393. The maximum atomic E-state index is 12.1. The summed E-state index contributed by atoms with van der Waals surface area (Å²) in [5.74, 6) is 9.85. The zero-order valence-corrected chi connectivity index (χ0v) is 56.9. The van der Waals surface area contributed by atoms with E-state index in [4.69, 9.17) is 61.5 Å². The number of nitro groups is 2. The summed E-state index contributed by atoms with van der Waals surface area (Å²) in [6.45, 7) is 1.94. The second kappa shape index (κ2) is 33.7. The minimum atomic E-state index is -5.76. The first kappa shape index (κ1) is 80.0. The fourth-order valence-corrected chi connectivity index (χ4v) is 15.3. The van der Waals surface area contributed by atoms with Crippen LogP contribution in [0.2, 0.25) is 0 Å². The minimum Gasteiger partial charge on any atom is -0.468 e. The van der Waals surface area contributed by atoms with Gasteiger partial charge in [0.1, 0.15) is 36.9 Å². The highest BCUT2D eigenvalue weighted by molar-refractivity contribution is 7.67. The Morgan fingerprint density at radius 3 is 1.45 bits per heavy atom. The zero-order valence-electron chi connectivity index (χ0n) is 51.5. The van der Waals surface area contributed by atoms with Crippen molar-refractivity contribution in [1.82, 2.24) is 44.4 Å². The van der Waals surface area contributed by atoms with E-state index < -0.39 is 119 Å². The maximum Gasteiger partial charge on any atom is 0.490 e. The molecule has 0 aliphatic carbocycles. The number of hydrogen-bond acceptors (Lipinski definition) is 33. The number of phosphoric ester groups is 2. The van der Waals surface area contributed by atoms with Crippen molar-refractivity contribution in [2.24, 2.45) is 11.5 Å². The van der Waals surface area contributed by atoms with Gasteiger partial charge in [0.15, 0.2) is 22.3 Å². The van der Waals surface area contributed by atoms with Crippen LogP contribution in [0.3, 0.4) is 0 Å². The number of aliphatic hydroxyl groups is 2. The van der Waals surface area contributed by atoms with Crippen LogP contribution in [0, 0.1) is 43.9 Å². The molecule has 0 saturated carbocycles. The number of aromatic nitrogens is 8. The molecule has 2 fully saturated rings. The van der Waals surface area contributed by atoms with Gasteiger partial charge in [0.05, 0.1) is 72.1 Å². The highest BCUT2D eigenvalue weighted by Gasteiger charge is 2.45. The molecule has 6 heterocycles. The van der Waals surface area contributed by atoms with E-state index in [-0.39, 0.29) is 100 Å². The first-order valence-electron chi connectivity index (χ1n) is 28.4. The van der Waals surface area contributed by atoms with Gasteiger partial charge < -0.3 is 96.6 Å². The van der Waals surface area contributed by atoms with Crippen LogP contribution in [-0.2, 0) is 67.9 Å². The molecule has 8 rings (SSSR count). The molecule has 2 aromatic carbocycles. The number of benzene rings is 2. The van der Waals surface area contributed by atoms with E-state index >= 15 is 0 Å². The summed E-state index contributed by atoms with van der Waals surface area (Å²) in [5.41, 5.74) is 23.3. The first-order valence-corrected chi connectivity index (χ1v) is 37.5. The van der Waals surface area contributed by atoms with Crippen molar-refractivity contribution in [3.63, 3.8) is 0 Å². The number of aliphatic hydroxyl groups excluding tert-OH is 2. The number of hydrogen-bond donors (Lipinski definition) is 15. The number of nitrogens with one attached hydrogen (secondary N) is 1. The topological polar surface area (TPSA) is 704 Å². The van der Waals surface area contributed by atoms with Crippen molar-refractivity contribution in [2.45, 2.75) is 101 Å². The number of fused-ring (bicyclic) bond motifs is 2. The molecule has 0 bridgehead atoms.